The zero-order valence-corrected chi connectivity index (χ0v) is 8.60. The number of halogens is 3. The topological polar surface area (TPSA) is 9.23 Å². The highest BCUT2D eigenvalue weighted by Gasteiger charge is 2.09. The maximum Gasteiger partial charge on any atom is 0.387 e. The largest absolute Gasteiger partial charge is 0.435 e. The van der Waals surface area contributed by atoms with Crippen LogP contribution in [-0.2, 0) is 6.42 Å². The molecule has 0 radical (unpaired) electrons. The van der Waals surface area contributed by atoms with E-state index in [9.17, 15) is 8.78 Å². The van der Waals surface area contributed by atoms with Crippen LogP contribution in [0.2, 0.25) is 5.02 Å². The number of hydrogen-bond donors (Lipinski definition) is 0. The maximum absolute atomic E-state index is 12.0. The normalized spacial score (nSPS) is 10.1. The third-order valence-electron chi connectivity index (χ3n) is 1.78. The van der Waals surface area contributed by atoms with Crippen LogP contribution in [0.4, 0.5) is 8.78 Å². The van der Waals surface area contributed by atoms with Gasteiger partial charge >= 0.3 is 6.61 Å². The molecule has 0 saturated heterocycles. The third kappa shape index (κ3) is 3.77. The number of hydrogen-bond acceptors (Lipinski definition) is 1. The van der Waals surface area contributed by atoms with E-state index >= 15 is 0 Å². The van der Waals surface area contributed by atoms with Crippen molar-refractivity contribution in [1.29, 1.82) is 0 Å². The lowest BCUT2D eigenvalue weighted by molar-refractivity contribution is -0.0504. The summed E-state index contributed by atoms with van der Waals surface area (Å²) in [6, 6.07) is 4.50. The van der Waals surface area contributed by atoms with Crippen molar-refractivity contribution in [2.24, 2.45) is 0 Å². The minimum Gasteiger partial charge on any atom is -0.435 e. The van der Waals surface area contributed by atoms with Gasteiger partial charge in [0, 0.05) is 11.4 Å². The Bertz CT molecular complexity index is 371. The van der Waals surface area contributed by atoms with Crippen molar-refractivity contribution < 1.29 is 13.5 Å². The molecule has 15 heavy (non-hydrogen) atoms. The van der Waals surface area contributed by atoms with Gasteiger partial charge in [-0.25, -0.2) is 0 Å². The van der Waals surface area contributed by atoms with Crippen LogP contribution >= 0.6 is 11.6 Å². The summed E-state index contributed by atoms with van der Waals surface area (Å²) in [5.41, 5.74) is 0.598. The van der Waals surface area contributed by atoms with Crippen molar-refractivity contribution in [3.8, 4) is 18.1 Å². The van der Waals surface area contributed by atoms with Gasteiger partial charge in [-0.1, -0.05) is 11.6 Å². The number of benzene rings is 1. The zero-order valence-electron chi connectivity index (χ0n) is 7.84. The van der Waals surface area contributed by atoms with Gasteiger partial charge in [-0.05, 0) is 30.2 Å². The Hall–Kier alpha value is -1.27. The Morgan fingerprint density at radius 3 is 2.80 bits per heavy atom. The van der Waals surface area contributed by atoms with Gasteiger partial charge in [0.15, 0.2) is 0 Å². The standard InChI is InChI=1S/C11H9ClF2O/c1-2-3-4-8-7-9(12)5-6-10(8)15-11(13)14/h1,5-7,11H,3-4H2. The highest BCUT2D eigenvalue weighted by Crippen LogP contribution is 2.25. The molecule has 0 bridgehead atoms. The SMILES string of the molecule is C#CCCc1cc(Cl)ccc1OC(F)F. The van der Waals surface area contributed by atoms with E-state index in [0.29, 0.717) is 23.4 Å². The van der Waals surface area contributed by atoms with Crippen molar-refractivity contribution in [1.82, 2.24) is 0 Å². The van der Waals surface area contributed by atoms with Gasteiger partial charge in [0.25, 0.3) is 0 Å². The van der Waals surface area contributed by atoms with E-state index in [1.165, 1.54) is 12.1 Å². The average molecular weight is 231 g/mol. The molecule has 1 aromatic carbocycles. The predicted octanol–water partition coefficient (Wildman–Crippen LogP) is 3.51. The Kier molecular flexibility index (Phi) is 4.38. The van der Waals surface area contributed by atoms with Gasteiger partial charge in [0.1, 0.15) is 5.75 Å². The van der Waals surface area contributed by atoms with Crippen molar-refractivity contribution in [2.75, 3.05) is 0 Å². The predicted molar refractivity (Wildman–Crippen MR) is 55.2 cm³/mol. The van der Waals surface area contributed by atoms with Gasteiger partial charge in [0.05, 0.1) is 0 Å². The van der Waals surface area contributed by atoms with Crippen LogP contribution in [0.3, 0.4) is 0 Å². The monoisotopic (exact) mass is 230 g/mol. The Labute approximate surface area is 92.0 Å². The summed E-state index contributed by atoms with van der Waals surface area (Å²) < 4.78 is 28.4. The van der Waals surface area contributed by atoms with Crippen molar-refractivity contribution in [2.45, 2.75) is 19.5 Å². The molecule has 0 aliphatic heterocycles. The lowest BCUT2D eigenvalue weighted by atomic mass is 10.1. The van der Waals surface area contributed by atoms with Gasteiger partial charge in [-0.3, -0.25) is 0 Å². The lowest BCUT2D eigenvalue weighted by Gasteiger charge is -2.09. The molecule has 0 aromatic heterocycles. The first-order valence-corrected chi connectivity index (χ1v) is 4.68. The Morgan fingerprint density at radius 1 is 1.47 bits per heavy atom. The van der Waals surface area contributed by atoms with Crippen LogP contribution in [0, 0.1) is 12.3 Å². The second-order valence-electron chi connectivity index (χ2n) is 2.83. The molecule has 0 aliphatic carbocycles. The van der Waals surface area contributed by atoms with Crippen LogP contribution in [0.1, 0.15) is 12.0 Å². The zero-order chi connectivity index (χ0) is 11.3. The van der Waals surface area contributed by atoms with Crippen LogP contribution in [-0.4, -0.2) is 6.61 Å². The maximum atomic E-state index is 12.0. The molecule has 0 spiro atoms. The molecule has 0 saturated carbocycles. The minimum absolute atomic E-state index is 0.129. The van der Waals surface area contributed by atoms with E-state index in [0.717, 1.165) is 0 Å². The molecule has 0 fully saturated rings. The molecule has 0 atom stereocenters. The van der Waals surface area contributed by atoms with Crippen LogP contribution in [0.15, 0.2) is 18.2 Å². The molecule has 1 nitrogen and oxygen atoms in total. The second kappa shape index (κ2) is 5.57. The first-order valence-electron chi connectivity index (χ1n) is 4.30. The lowest BCUT2D eigenvalue weighted by Crippen LogP contribution is -2.04. The van der Waals surface area contributed by atoms with E-state index in [-0.39, 0.29) is 5.75 Å². The summed E-state index contributed by atoms with van der Waals surface area (Å²) in [4.78, 5) is 0. The summed E-state index contributed by atoms with van der Waals surface area (Å²) in [5.74, 6) is 2.56. The quantitative estimate of drug-likeness (QED) is 0.720. The highest BCUT2D eigenvalue weighted by molar-refractivity contribution is 6.30. The number of alkyl halides is 2. The van der Waals surface area contributed by atoms with Gasteiger partial charge in [0.2, 0.25) is 0 Å². The first-order chi connectivity index (χ1) is 7.13. The fraction of sp³-hybridized carbons (Fsp3) is 0.273. The fourth-order valence-electron chi connectivity index (χ4n) is 1.16. The fourth-order valence-corrected chi connectivity index (χ4v) is 1.36. The molecule has 1 rings (SSSR count). The summed E-state index contributed by atoms with van der Waals surface area (Å²) >= 11 is 5.74. The van der Waals surface area contributed by atoms with Crippen LogP contribution in [0.25, 0.3) is 0 Å². The van der Waals surface area contributed by atoms with Crippen LogP contribution < -0.4 is 4.74 Å². The molecule has 0 unspecified atom stereocenters. The Balaban J connectivity index is 2.88. The molecule has 0 N–H and O–H groups in total. The van der Waals surface area contributed by atoms with Crippen LogP contribution in [0.5, 0.6) is 5.75 Å². The van der Waals surface area contributed by atoms with Gasteiger partial charge < -0.3 is 4.74 Å². The first kappa shape index (κ1) is 11.8. The molecule has 0 heterocycles. The molecule has 1 aromatic rings. The smallest absolute Gasteiger partial charge is 0.387 e. The van der Waals surface area contributed by atoms with E-state index in [1.54, 1.807) is 6.07 Å². The summed E-state index contributed by atoms with van der Waals surface area (Å²) in [6.45, 7) is -2.84. The Morgan fingerprint density at radius 2 is 2.20 bits per heavy atom. The highest BCUT2D eigenvalue weighted by atomic mass is 35.5. The number of aryl methyl sites for hydroxylation is 1. The molecule has 0 aliphatic rings. The minimum atomic E-state index is -2.84. The second-order valence-corrected chi connectivity index (χ2v) is 3.27. The number of terminal acetylenes is 1. The molecule has 0 amide bonds. The van der Waals surface area contributed by atoms with E-state index in [4.69, 9.17) is 18.0 Å². The molecular formula is C11H9ClF2O. The molecular weight excluding hydrogens is 222 g/mol. The van der Waals surface area contributed by atoms with E-state index in [1.807, 2.05) is 0 Å². The average Bonchev–Trinajstić information content (AvgIpc) is 2.18. The molecule has 4 heteroatoms. The summed E-state index contributed by atoms with van der Waals surface area (Å²) in [7, 11) is 0. The summed E-state index contributed by atoms with van der Waals surface area (Å²) in [5, 5.41) is 0.476. The molecule has 80 valence electrons. The van der Waals surface area contributed by atoms with Crippen molar-refractivity contribution in [3.05, 3.63) is 28.8 Å². The number of rotatable bonds is 4. The van der Waals surface area contributed by atoms with E-state index in [2.05, 4.69) is 10.7 Å². The summed E-state index contributed by atoms with van der Waals surface area (Å²) in [6.07, 6.45) is 6.02. The van der Waals surface area contributed by atoms with Gasteiger partial charge in [-0.2, -0.15) is 8.78 Å². The third-order valence-corrected chi connectivity index (χ3v) is 2.01. The van der Waals surface area contributed by atoms with Gasteiger partial charge in [-0.15, -0.1) is 12.3 Å². The van der Waals surface area contributed by atoms with Crippen molar-refractivity contribution in [3.63, 3.8) is 0 Å². The number of ether oxygens (including phenoxy) is 1. The van der Waals surface area contributed by atoms with E-state index < -0.39 is 6.61 Å². The van der Waals surface area contributed by atoms with Crippen molar-refractivity contribution >= 4 is 11.6 Å².